The van der Waals surface area contributed by atoms with Crippen LogP contribution in [0.15, 0.2) is 24.3 Å². The molecule has 1 aromatic rings. The largest absolute Gasteiger partial charge is 0.472 e. The van der Waals surface area contributed by atoms with E-state index >= 15 is 0 Å². The molecule has 0 saturated heterocycles. The predicted molar refractivity (Wildman–Crippen MR) is 200 cm³/mol. The summed E-state index contributed by atoms with van der Waals surface area (Å²) in [5.41, 5.74) is 1.34. The monoisotopic (exact) mass is 777 g/mol. The highest BCUT2D eigenvalue weighted by atomic mass is 16.4. The van der Waals surface area contributed by atoms with Crippen LogP contribution in [0.3, 0.4) is 0 Å². The number of aliphatic hydroxyl groups excluding tert-OH is 2. The van der Waals surface area contributed by atoms with Crippen molar-refractivity contribution >= 4 is 54.3 Å². The number of Topliss-reactive ketones (excluding diaryl/α,β-unsaturated/α-hetero) is 1. The number of carbonyl (C=O) groups excluding carboxylic acids is 8. The molecule has 1 unspecified atom stereocenters. The molecule has 306 valence electrons. The number of rotatable bonds is 24. The Labute approximate surface area is 320 Å². The molecular formula is C35H56BN7O12. The Morgan fingerprint density at radius 1 is 0.745 bits per heavy atom. The summed E-state index contributed by atoms with van der Waals surface area (Å²) in [5.74, 6) is -6.39. The molecule has 1 rings (SSSR count). The molecule has 55 heavy (non-hydrogen) atoms. The molecule has 0 fully saturated rings. The van der Waals surface area contributed by atoms with Crippen molar-refractivity contribution in [3.05, 3.63) is 35.4 Å². The van der Waals surface area contributed by atoms with Crippen LogP contribution < -0.4 is 31.9 Å². The van der Waals surface area contributed by atoms with Crippen molar-refractivity contribution in [3.63, 3.8) is 0 Å². The first-order valence-corrected chi connectivity index (χ1v) is 18.1. The van der Waals surface area contributed by atoms with Gasteiger partial charge in [-0.15, -0.1) is 0 Å². The number of ketones is 1. The summed E-state index contributed by atoms with van der Waals surface area (Å²) in [6.45, 7) is 5.60. The van der Waals surface area contributed by atoms with Crippen LogP contribution >= 0.6 is 0 Å². The van der Waals surface area contributed by atoms with Crippen LogP contribution in [0.5, 0.6) is 0 Å². The number of benzene rings is 1. The van der Waals surface area contributed by atoms with E-state index in [1.54, 1.807) is 12.1 Å². The second-order valence-corrected chi connectivity index (χ2v) is 13.3. The summed E-state index contributed by atoms with van der Waals surface area (Å²) in [6.07, 6.45) is 2.81. The Hall–Kier alpha value is -4.92. The van der Waals surface area contributed by atoms with Gasteiger partial charge in [0.25, 0.3) is 5.91 Å². The van der Waals surface area contributed by atoms with Gasteiger partial charge in [-0.25, -0.2) is 0 Å². The molecule has 0 bridgehead atoms. The number of nitrogens with zero attached hydrogens (tertiary/aromatic N) is 1. The van der Waals surface area contributed by atoms with Crippen LogP contribution in [-0.4, -0.2) is 142 Å². The SMILES string of the molecule is CCCCCCc1ccc(C(=O)N[C@H](CO)C(=O)N[C@H](C)C(=O)NCC(=O)N(C)[C@H](C(=O)N[C@@H](C)C(=O)N[C@@H](CC(C)=O)C(=O)NCB(O)O)C(C)O)cc1. The van der Waals surface area contributed by atoms with Crippen molar-refractivity contribution in [1.82, 2.24) is 36.8 Å². The molecule has 1 aromatic carbocycles. The second kappa shape index (κ2) is 24.5. The molecule has 7 amide bonds. The van der Waals surface area contributed by atoms with Crippen LogP contribution in [0, 0.1) is 0 Å². The van der Waals surface area contributed by atoms with E-state index in [-0.39, 0.29) is 5.56 Å². The van der Waals surface area contributed by atoms with Gasteiger partial charge in [0, 0.05) is 19.0 Å². The summed E-state index contributed by atoms with van der Waals surface area (Å²) in [7, 11) is -0.713. The lowest BCUT2D eigenvalue weighted by molar-refractivity contribution is -0.144. The maximum absolute atomic E-state index is 13.1. The molecule has 10 N–H and O–H groups in total. The van der Waals surface area contributed by atoms with Gasteiger partial charge in [-0.3, -0.25) is 38.4 Å². The zero-order valence-corrected chi connectivity index (χ0v) is 32.2. The summed E-state index contributed by atoms with van der Waals surface area (Å²) < 4.78 is 0. The van der Waals surface area contributed by atoms with Crippen LogP contribution in [0.2, 0.25) is 0 Å². The van der Waals surface area contributed by atoms with Gasteiger partial charge in [-0.1, -0.05) is 38.3 Å². The van der Waals surface area contributed by atoms with Gasteiger partial charge in [0.1, 0.15) is 36.0 Å². The zero-order chi connectivity index (χ0) is 41.8. The molecule has 0 aliphatic rings. The molecule has 0 aliphatic heterocycles. The summed E-state index contributed by atoms with van der Waals surface area (Å²) >= 11 is 0. The Bertz CT molecular complexity index is 1480. The molecule has 20 heteroatoms. The Morgan fingerprint density at radius 2 is 1.35 bits per heavy atom. The summed E-state index contributed by atoms with van der Waals surface area (Å²) in [5, 5.41) is 51.9. The van der Waals surface area contributed by atoms with Crippen molar-refractivity contribution in [3.8, 4) is 0 Å². The molecule has 0 heterocycles. The third-order valence-electron chi connectivity index (χ3n) is 8.38. The minimum Gasteiger partial charge on any atom is -0.426 e. The van der Waals surface area contributed by atoms with E-state index in [1.807, 2.05) is 12.1 Å². The highest BCUT2D eigenvalue weighted by Gasteiger charge is 2.34. The summed E-state index contributed by atoms with van der Waals surface area (Å²) in [6, 6.07) is -0.0472. The topological polar surface area (TPSA) is 293 Å². The molecule has 0 saturated carbocycles. The molecule has 19 nitrogen and oxygen atoms in total. The first-order valence-electron chi connectivity index (χ1n) is 18.1. The van der Waals surface area contributed by atoms with E-state index in [0.29, 0.717) is 0 Å². The smallest absolute Gasteiger partial charge is 0.426 e. The molecule has 6 atom stereocenters. The number of hydrogen-bond donors (Lipinski definition) is 10. The van der Waals surface area contributed by atoms with Gasteiger partial charge in [0.05, 0.1) is 25.7 Å². The van der Waals surface area contributed by atoms with E-state index in [0.717, 1.165) is 42.6 Å². The number of aryl methyl sites for hydroxylation is 1. The lowest BCUT2D eigenvalue weighted by atomic mass is 9.92. The Balaban J connectivity index is 2.75. The van der Waals surface area contributed by atoms with E-state index in [2.05, 4.69) is 38.8 Å². The van der Waals surface area contributed by atoms with E-state index in [4.69, 9.17) is 10.0 Å². The third kappa shape index (κ3) is 17.4. The van der Waals surface area contributed by atoms with Gasteiger partial charge in [-0.05, 0) is 58.2 Å². The number of carbonyl (C=O) groups is 8. The van der Waals surface area contributed by atoms with Crippen molar-refractivity contribution in [1.29, 1.82) is 0 Å². The first kappa shape index (κ1) is 48.1. The van der Waals surface area contributed by atoms with Crippen LogP contribution in [0.25, 0.3) is 0 Å². The van der Waals surface area contributed by atoms with E-state index in [1.165, 1.54) is 34.7 Å². The molecule has 0 radical (unpaired) electrons. The number of unbranched alkanes of at least 4 members (excludes halogenated alkanes) is 3. The number of likely N-dealkylation sites (N-methyl/N-ethyl adjacent to an activating group) is 1. The first-order chi connectivity index (χ1) is 25.8. The average molecular weight is 778 g/mol. The minimum absolute atomic E-state index is 0.277. The fourth-order valence-corrected chi connectivity index (χ4v) is 5.18. The van der Waals surface area contributed by atoms with Gasteiger partial charge < -0.3 is 57.1 Å². The van der Waals surface area contributed by atoms with E-state index < -0.39 is 117 Å². The van der Waals surface area contributed by atoms with Crippen molar-refractivity contribution in [2.24, 2.45) is 0 Å². The van der Waals surface area contributed by atoms with Crippen LogP contribution in [0.1, 0.15) is 82.6 Å². The lowest BCUT2D eigenvalue weighted by Crippen LogP contribution is -2.59. The fraction of sp³-hybridized carbons (Fsp3) is 0.600. The van der Waals surface area contributed by atoms with Gasteiger partial charge in [-0.2, -0.15) is 0 Å². The molecule has 0 spiro atoms. The second-order valence-electron chi connectivity index (χ2n) is 13.3. The Kier molecular flexibility index (Phi) is 21.4. The maximum Gasteiger partial charge on any atom is 0.472 e. The highest BCUT2D eigenvalue weighted by Crippen LogP contribution is 2.10. The average Bonchev–Trinajstić information content (AvgIpc) is 3.12. The standard InChI is InChI=1S/C35H56BN7O12/c1-7-8-9-10-11-24-12-14-25(15-13-24)32(50)42-27(18-44)34(52)39-21(3)30(48)37-17-28(47)43(6)29(23(5)46)35(53)40-22(4)31(49)41-26(16-20(2)45)33(51)38-19-36(54)55/h12-15,21-23,26-27,29,44,46,54-55H,7-11,16-19H2,1-6H3,(H,37,48)(H,38,51)(H,39,52)(H,40,53)(H,41,49)(H,42,50)/t21-,22+,23?,26+,27-,29+/m1/s1. The van der Waals surface area contributed by atoms with Crippen molar-refractivity contribution in [2.45, 2.75) is 109 Å². The van der Waals surface area contributed by atoms with Gasteiger partial charge in [0.15, 0.2) is 0 Å². The third-order valence-corrected chi connectivity index (χ3v) is 8.38. The minimum atomic E-state index is -1.88. The fourth-order valence-electron chi connectivity index (χ4n) is 5.18. The predicted octanol–water partition coefficient (Wildman–Crippen LogP) is -3.17. The van der Waals surface area contributed by atoms with Gasteiger partial charge >= 0.3 is 7.12 Å². The number of nitrogens with one attached hydrogen (secondary N) is 6. The highest BCUT2D eigenvalue weighted by molar-refractivity contribution is 6.41. The molecular weight excluding hydrogens is 721 g/mol. The van der Waals surface area contributed by atoms with E-state index in [9.17, 15) is 48.6 Å². The van der Waals surface area contributed by atoms with Crippen LogP contribution in [0.4, 0.5) is 0 Å². The zero-order valence-electron chi connectivity index (χ0n) is 32.2. The maximum atomic E-state index is 13.1. The molecule has 0 aliphatic carbocycles. The number of aliphatic hydroxyl groups is 2. The Morgan fingerprint density at radius 3 is 1.89 bits per heavy atom. The van der Waals surface area contributed by atoms with Crippen molar-refractivity contribution in [2.75, 3.05) is 26.6 Å². The quantitative estimate of drug-likeness (QED) is 0.0368. The lowest BCUT2D eigenvalue weighted by Gasteiger charge is -2.30. The van der Waals surface area contributed by atoms with Crippen LogP contribution in [-0.2, 0) is 40.0 Å². The number of hydrogen-bond acceptors (Lipinski definition) is 12. The normalized spacial score (nSPS) is 14.1. The summed E-state index contributed by atoms with van der Waals surface area (Å²) in [4.78, 5) is 102. The van der Waals surface area contributed by atoms with Gasteiger partial charge in [0.2, 0.25) is 35.4 Å². The van der Waals surface area contributed by atoms with Crippen molar-refractivity contribution < 1.29 is 58.6 Å². The number of amides is 7. The molecule has 0 aromatic heterocycles.